The first-order valence-corrected chi connectivity index (χ1v) is 8.36. The second-order valence-electron chi connectivity index (χ2n) is 5.91. The molecule has 5 heteroatoms. The lowest BCUT2D eigenvalue weighted by Crippen LogP contribution is -2.01. The topological polar surface area (TPSA) is 78.0 Å². The van der Waals surface area contributed by atoms with Gasteiger partial charge in [0, 0.05) is 41.5 Å². The molecule has 0 fully saturated rings. The molecule has 3 aromatic rings. The molecule has 128 valence electrons. The standard InChI is InChI=1S/C20H21N3O2/c1-2-3-19(25)14-4-8-17(9-5-14)21-12-16-13-22-23-20(16)15-6-10-18(24)11-7-15/h4-11,13,21,24H,2-3,12H2,1H3,(H,22,23). The predicted octanol–water partition coefficient (Wildman–Crippen LogP) is 4.38. The van der Waals surface area contributed by atoms with E-state index in [4.69, 9.17) is 0 Å². The monoisotopic (exact) mass is 335 g/mol. The van der Waals surface area contributed by atoms with E-state index in [9.17, 15) is 9.90 Å². The predicted molar refractivity (Wildman–Crippen MR) is 98.7 cm³/mol. The second-order valence-corrected chi connectivity index (χ2v) is 5.91. The van der Waals surface area contributed by atoms with Gasteiger partial charge < -0.3 is 10.4 Å². The van der Waals surface area contributed by atoms with Crippen LogP contribution in [0.1, 0.15) is 35.7 Å². The van der Waals surface area contributed by atoms with Gasteiger partial charge >= 0.3 is 0 Å². The van der Waals surface area contributed by atoms with Crippen molar-refractivity contribution >= 4 is 11.5 Å². The third-order valence-corrected chi connectivity index (χ3v) is 4.03. The van der Waals surface area contributed by atoms with Crippen molar-refractivity contribution in [1.29, 1.82) is 0 Å². The number of H-pyrrole nitrogens is 1. The highest BCUT2D eigenvalue weighted by molar-refractivity contribution is 5.96. The summed E-state index contributed by atoms with van der Waals surface area (Å²) in [6.07, 6.45) is 3.30. The van der Waals surface area contributed by atoms with Crippen LogP contribution in [0.4, 0.5) is 5.69 Å². The second kappa shape index (κ2) is 7.66. The number of anilines is 1. The van der Waals surface area contributed by atoms with Crippen LogP contribution >= 0.6 is 0 Å². The zero-order valence-corrected chi connectivity index (χ0v) is 14.1. The molecule has 1 aromatic heterocycles. The number of aromatic amines is 1. The summed E-state index contributed by atoms with van der Waals surface area (Å²) in [5.41, 5.74) is 4.52. The number of hydrogen-bond acceptors (Lipinski definition) is 4. The smallest absolute Gasteiger partial charge is 0.162 e. The van der Waals surface area contributed by atoms with Crippen LogP contribution in [0, 0.1) is 0 Å². The number of benzene rings is 2. The number of carbonyl (C=O) groups is 1. The highest BCUT2D eigenvalue weighted by Gasteiger charge is 2.09. The van der Waals surface area contributed by atoms with E-state index in [1.807, 2.05) is 49.5 Å². The largest absolute Gasteiger partial charge is 0.508 e. The van der Waals surface area contributed by atoms with Gasteiger partial charge in [-0.15, -0.1) is 0 Å². The summed E-state index contributed by atoms with van der Waals surface area (Å²) in [4.78, 5) is 11.9. The molecule has 0 saturated heterocycles. The lowest BCUT2D eigenvalue weighted by atomic mass is 10.1. The maximum atomic E-state index is 11.9. The van der Waals surface area contributed by atoms with Crippen molar-refractivity contribution in [2.75, 3.05) is 5.32 Å². The van der Waals surface area contributed by atoms with E-state index in [1.165, 1.54) is 0 Å². The number of phenols is 1. The van der Waals surface area contributed by atoms with E-state index in [0.29, 0.717) is 13.0 Å². The number of Topliss-reactive ketones (excluding diaryl/α,β-unsaturated/α-hetero) is 1. The minimum Gasteiger partial charge on any atom is -0.508 e. The van der Waals surface area contributed by atoms with Crippen molar-refractivity contribution in [3.63, 3.8) is 0 Å². The van der Waals surface area contributed by atoms with Gasteiger partial charge in [-0.25, -0.2) is 0 Å². The summed E-state index contributed by atoms with van der Waals surface area (Å²) in [6.45, 7) is 2.61. The molecule has 0 aliphatic heterocycles. The van der Waals surface area contributed by atoms with Crippen LogP contribution in [0.3, 0.4) is 0 Å². The fourth-order valence-electron chi connectivity index (χ4n) is 2.66. The lowest BCUT2D eigenvalue weighted by molar-refractivity contribution is 0.0982. The summed E-state index contributed by atoms with van der Waals surface area (Å²) in [6, 6.07) is 14.5. The van der Waals surface area contributed by atoms with Gasteiger partial charge in [-0.05, 0) is 55.0 Å². The number of rotatable bonds is 7. The molecule has 1 heterocycles. The van der Waals surface area contributed by atoms with Crippen LogP contribution in [-0.2, 0) is 6.54 Å². The normalized spacial score (nSPS) is 10.6. The van der Waals surface area contributed by atoms with Gasteiger partial charge in [-0.2, -0.15) is 5.10 Å². The van der Waals surface area contributed by atoms with E-state index in [2.05, 4.69) is 15.5 Å². The van der Waals surface area contributed by atoms with Gasteiger partial charge in [0.15, 0.2) is 5.78 Å². The van der Waals surface area contributed by atoms with E-state index >= 15 is 0 Å². The molecule has 5 nitrogen and oxygen atoms in total. The minimum absolute atomic E-state index is 0.179. The number of ketones is 1. The van der Waals surface area contributed by atoms with Crippen LogP contribution in [0.2, 0.25) is 0 Å². The maximum absolute atomic E-state index is 11.9. The van der Waals surface area contributed by atoms with Crippen LogP contribution in [0.25, 0.3) is 11.3 Å². The van der Waals surface area contributed by atoms with E-state index < -0.39 is 0 Å². The summed E-state index contributed by atoms with van der Waals surface area (Å²) in [7, 11) is 0. The first-order valence-electron chi connectivity index (χ1n) is 8.36. The van der Waals surface area contributed by atoms with Gasteiger partial charge in [-0.3, -0.25) is 9.89 Å². The quantitative estimate of drug-likeness (QED) is 0.560. The van der Waals surface area contributed by atoms with Crippen molar-refractivity contribution in [3.05, 3.63) is 65.9 Å². The average molecular weight is 335 g/mol. The van der Waals surface area contributed by atoms with E-state index in [-0.39, 0.29) is 11.5 Å². The molecule has 0 spiro atoms. The highest BCUT2D eigenvalue weighted by Crippen LogP contribution is 2.24. The van der Waals surface area contributed by atoms with Crippen LogP contribution in [-0.4, -0.2) is 21.1 Å². The number of aromatic hydroxyl groups is 1. The zero-order valence-electron chi connectivity index (χ0n) is 14.1. The average Bonchev–Trinajstić information content (AvgIpc) is 3.10. The number of hydrogen-bond donors (Lipinski definition) is 3. The van der Waals surface area contributed by atoms with E-state index in [1.54, 1.807) is 12.1 Å². The Morgan fingerprint density at radius 2 is 1.84 bits per heavy atom. The fraction of sp³-hybridized carbons (Fsp3) is 0.200. The van der Waals surface area contributed by atoms with E-state index in [0.717, 1.165) is 34.5 Å². The number of carbonyl (C=O) groups excluding carboxylic acids is 1. The van der Waals surface area contributed by atoms with Gasteiger partial charge in [0.2, 0.25) is 0 Å². The van der Waals surface area contributed by atoms with Crippen molar-refractivity contribution in [3.8, 4) is 17.0 Å². The first kappa shape index (κ1) is 16.8. The van der Waals surface area contributed by atoms with Gasteiger partial charge in [0.05, 0.1) is 5.69 Å². The van der Waals surface area contributed by atoms with Crippen molar-refractivity contribution in [2.24, 2.45) is 0 Å². The molecular formula is C20H21N3O2. The zero-order chi connectivity index (χ0) is 17.6. The first-order chi connectivity index (χ1) is 12.2. The van der Waals surface area contributed by atoms with Crippen molar-refractivity contribution in [2.45, 2.75) is 26.3 Å². The molecule has 0 atom stereocenters. The Balaban J connectivity index is 1.67. The van der Waals surface area contributed by atoms with Crippen LogP contribution in [0.5, 0.6) is 5.75 Å². The molecule has 0 unspecified atom stereocenters. The van der Waals surface area contributed by atoms with Gasteiger partial charge in [0.25, 0.3) is 0 Å². The molecule has 2 aromatic carbocycles. The third-order valence-electron chi connectivity index (χ3n) is 4.03. The molecule has 0 aliphatic rings. The molecule has 0 bridgehead atoms. The fourth-order valence-corrected chi connectivity index (χ4v) is 2.66. The molecule has 3 N–H and O–H groups in total. The Hall–Kier alpha value is -3.08. The Morgan fingerprint density at radius 1 is 1.12 bits per heavy atom. The molecule has 3 rings (SSSR count). The minimum atomic E-state index is 0.179. The Kier molecular flexibility index (Phi) is 5.14. The molecule has 25 heavy (non-hydrogen) atoms. The van der Waals surface area contributed by atoms with Crippen LogP contribution in [0.15, 0.2) is 54.7 Å². The van der Waals surface area contributed by atoms with Crippen LogP contribution < -0.4 is 5.32 Å². The number of nitrogens with zero attached hydrogens (tertiary/aromatic N) is 1. The number of aromatic nitrogens is 2. The van der Waals surface area contributed by atoms with Gasteiger partial charge in [0.1, 0.15) is 5.75 Å². The molecular weight excluding hydrogens is 314 g/mol. The van der Waals surface area contributed by atoms with Gasteiger partial charge in [-0.1, -0.05) is 6.92 Å². The molecule has 0 radical (unpaired) electrons. The van der Waals surface area contributed by atoms with Crippen molar-refractivity contribution < 1.29 is 9.90 Å². The Labute approximate surface area is 146 Å². The highest BCUT2D eigenvalue weighted by atomic mass is 16.3. The summed E-state index contributed by atoms with van der Waals surface area (Å²) in [5, 5.41) is 19.9. The molecule has 0 saturated carbocycles. The summed E-state index contributed by atoms with van der Waals surface area (Å²) >= 11 is 0. The maximum Gasteiger partial charge on any atom is 0.162 e. The van der Waals surface area contributed by atoms with Crippen molar-refractivity contribution in [1.82, 2.24) is 10.2 Å². The molecule has 0 aliphatic carbocycles. The number of nitrogens with one attached hydrogen (secondary N) is 2. The molecule has 0 amide bonds. The Bertz CT molecular complexity index is 836. The third kappa shape index (κ3) is 4.07. The summed E-state index contributed by atoms with van der Waals surface area (Å²) in [5.74, 6) is 0.412. The Morgan fingerprint density at radius 3 is 2.52 bits per heavy atom. The number of phenolic OH excluding ortho intramolecular Hbond substituents is 1. The lowest BCUT2D eigenvalue weighted by Gasteiger charge is -2.08. The summed E-state index contributed by atoms with van der Waals surface area (Å²) < 4.78 is 0. The SMILES string of the molecule is CCCC(=O)c1ccc(NCc2c[nH]nc2-c2ccc(O)cc2)cc1.